The number of carbonyl (C=O) groups excluding carboxylic acids is 2. The summed E-state index contributed by atoms with van der Waals surface area (Å²) in [6.45, 7) is 2.26. The Kier molecular flexibility index (Phi) is 4.29. The van der Waals surface area contributed by atoms with Crippen molar-refractivity contribution in [3.05, 3.63) is 60.0 Å². The van der Waals surface area contributed by atoms with Crippen LogP contribution in [0.3, 0.4) is 0 Å². The van der Waals surface area contributed by atoms with Gasteiger partial charge in [-0.15, -0.1) is 0 Å². The smallest absolute Gasteiger partial charge is 0.296 e. The van der Waals surface area contributed by atoms with Crippen molar-refractivity contribution in [3.8, 4) is 5.75 Å². The Morgan fingerprint density at radius 1 is 1.21 bits per heavy atom. The molecule has 5 nitrogen and oxygen atoms in total. The number of halogens is 1. The zero-order chi connectivity index (χ0) is 17.1. The zero-order valence-electron chi connectivity index (χ0n) is 12.9. The maximum absolute atomic E-state index is 13.4. The van der Waals surface area contributed by atoms with E-state index in [0.717, 1.165) is 0 Å². The van der Waals surface area contributed by atoms with Crippen molar-refractivity contribution in [1.82, 2.24) is 4.98 Å². The number of hydrogen-bond donors (Lipinski definition) is 2. The van der Waals surface area contributed by atoms with Crippen LogP contribution < -0.4 is 10.1 Å². The van der Waals surface area contributed by atoms with Crippen molar-refractivity contribution in [1.29, 1.82) is 0 Å². The molecule has 2 aromatic carbocycles. The number of benzene rings is 2. The van der Waals surface area contributed by atoms with Gasteiger partial charge in [0.05, 0.1) is 17.9 Å². The predicted molar refractivity (Wildman–Crippen MR) is 88.8 cm³/mol. The average Bonchev–Trinajstić information content (AvgIpc) is 2.99. The van der Waals surface area contributed by atoms with Gasteiger partial charge in [0, 0.05) is 17.1 Å². The van der Waals surface area contributed by atoms with Crippen LogP contribution in [0.25, 0.3) is 10.9 Å². The summed E-state index contributed by atoms with van der Waals surface area (Å²) in [7, 11) is 0. The molecule has 0 aliphatic heterocycles. The highest BCUT2D eigenvalue weighted by molar-refractivity contribution is 6.48. The first kappa shape index (κ1) is 15.7. The van der Waals surface area contributed by atoms with Crippen LogP contribution in [0.2, 0.25) is 0 Å². The fourth-order valence-corrected chi connectivity index (χ4v) is 2.43. The molecule has 1 amide bonds. The Morgan fingerprint density at radius 3 is 2.79 bits per heavy atom. The number of para-hydroxylation sites is 2. The van der Waals surface area contributed by atoms with Gasteiger partial charge in [-0.1, -0.05) is 12.1 Å². The number of carbonyl (C=O) groups is 2. The highest BCUT2D eigenvalue weighted by Crippen LogP contribution is 2.25. The summed E-state index contributed by atoms with van der Waals surface area (Å²) in [4.78, 5) is 27.5. The Bertz CT molecular complexity index is 918. The Hall–Kier alpha value is -3.15. The molecule has 3 aromatic rings. The molecule has 2 N–H and O–H groups in total. The monoisotopic (exact) mass is 326 g/mol. The topological polar surface area (TPSA) is 71.2 Å². The van der Waals surface area contributed by atoms with E-state index in [0.29, 0.717) is 28.9 Å². The highest BCUT2D eigenvalue weighted by Gasteiger charge is 2.21. The van der Waals surface area contributed by atoms with Gasteiger partial charge < -0.3 is 15.0 Å². The number of ketones is 1. The van der Waals surface area contributed by atoms with Gasteiger partial charge in [0.2, 0.25) is 0 Å². The number of amides is 1. The van der Waals surface area contributed by atoms with Gasteiger partial charge in [-0.25, -0.2) is 4.39 Å². The molecule has 0 bridgehead atoms. The maximum Gasteiger partial charge on any atom is 0.296 e. The van der Waals surface area contributed by atoms with E-state index in [1.165, 1.54) is 24.4 Å². The van der Waals surface area contributed by atoms with Gasteiger partial charge in [0.15, 0.2) is 0 Å². The fourth-order valence-electron chi connectivity index (χ4n) is 2.43. The van der Waals surface area contributed by atoms with Crippen LogP contribution in [0, 0.1) is 5.82 Å². The Morgan fingerprint density at radius 2 is 2.00 bits per heavy atom. The summed E-state index contributed by atoms with van der Waals surface area (Å²) in [5.41, 5.74) is 1.11. The number of Topliss-reactive ketones (excluding diaryl/α,β-unsaturated/α-hetero) is 1. The van der Waals surface area contributed by atoms with E-state index in [4.69, 9.17) is 4.74 Å². The van der Waals surface area contributed by atoms with Crippen LogP contribution in [-0.2, 0) is 4.79 Å². The number of hydrogen-bond acceptors (Lipinski definition) is 3. The number of H-pyrrole nitrogens is 1. The summed E-state index contributed by atoms with van der Waals surface area (Å²) in [6, 6.07) is 10.9. The van der Waals surface area contributed by atoms with E-state index in [1.54, 1.807) is 24.3 Å². The molecular weight excluding hydrogens is 311 g/mol. The minimum absolute atomic E-state index is 0.121. The molecule has 122 valence electrons. The fraction of sp³-hybridized carbons (Fsp3) is 0.111. The first-order valence-electron chi connectivity index (χ1n) is 7.44. The largest absolute Gasteiger partial charge is 0.492 e. The van der Waals surface area contributed by atoms with Gasteiger partial charge in [0.1, 0.15) is 11.6 Å². The summed E-state index contributed by atoms with van der Waals surface area (Å²) < 4.78 is 18.8. The summed E-state index contributed by atoms with van der Waals surface area (Å²) in [5, 5.41) is 2.91. The van der Waals surface area contributed by atoms with Crippen molar-refractivity contribution in [2.24, 2.45) is 0 Å². The second-order valence-electron chi connectivity index (χ2n) is 5.10. The molecule has 0 unspecified atom stereocenters. The van der Waals surface area contributed by atoms with E-state index >= 15 is 0 Å². The molecule has 0 atom stereocenters. The van der Waals surface area contributed by atoms with E-state index in [2.05, 4.69) is 10.3 Å². The Labute approximate surface area is 137 Å². The van der Waals surface area contributed by atoms with Crippen LogP contribution in [0.4, 0.5) is 10.1 Å². The maximum atomic E-state index is 13.4. The van der Waals surface area contributed by atoms with Gasteiger partial charge >= 0.3 is 0 Å². The zero-order valence-corrected chi connectivity index (χ0v) is 12.9. The molecule has 1 heterocycles. The molecule has 0 saturated heterocycles. The number of nitrogens with one attached hydrogen (secondary N) is 2. The number of rotatable bonds is 5. The SMILES string of the molecule is CCOc1ccccc1NC(=O)C(=O)c1c[nH]c2ccc(F)cc12. The minimum atomic E-state index is -0.813. The molecule has 1 aromatic heterocycles. The second kappa shape index (κ2) is 6.54. The van der Waals surface area contributed by atoms with Gasteiger partial charge in [-0.2, -0.15) is 0 Å². The third kappa shape index (κ3) is 2.99. The molecule has 3 rings (SSSR count). The van der Waals surface area contributed by atoms with Gasteiger partial charge in [-0.3, -0.25) is 9.59 Å². The van der Waals surface area contributed by atoms with Gasteiger partial charge in [0.25, 0.3) is 11.7 Å². The lowest BCUT2D eigenvalue weighted by Gasteiger charge is -2.10. The van der Waals surface area contributed by atoms with Crippen LogP contribution in [0.15, 0.2) is 48.7 Å². The molecule has 24 heavy (non-hydrogen) atoms. The normalized spacial score (nSPS) is 10.6. The van der Waals surface area contributed by atoms with Crippen molar-refractivity contribution in [2.45, 2.75) is 6.92 Å². The lowest BCUT2D eigenvalue weighted by molar-refractivity contribution is -0.112. The van der Waals surface area contributed by atoms with Crippen LogP contribution in [0.5, 0.6) is 5.75 Å². The van der Waals surface area contributed by atoms with Crippen LogP contribution >= 0.6 is 0 Å². The van der Waals surface area contributed by atoms with Crippen molar-refractivity contribution in [2.75, 3.05) is 11.9 Å². The van der Waals surface area contributed by atoms with Crippen LogP contribution in [-0.4, -0.2) is 23.3 Å². The molecule has 0 radical (unpaired) electrons. The lowest BCUT2D eigenvalue weighted by Crippen LogP contribution is -2.23. The minimum Gasteiger partial charge on any atom is -0.492 e. The van der Waals surface area contributed by atoms with Crippen molar-refractivity contribution >= 4 is 28.3 Å². The van der Waals surface area contributed by atoms with Crippen molar-refractivity contribution in [3.63, 3.8) is 0 Å². The quantitative estimate of drug-likeness (QED) is 0.556. The summed E-state index contributed by atoms with van der Waals surface area (Å²) >= 11 is 0. The first-order chi connectivity index (χ1) is 11.6. The van der Waals surface area contributed by atoms with E-state index in [9.17, 15) is 14.0 Å². The molecule has 0 saturated carbocycles. The van der Waals surface area contributed by atoms with E-state index < -0.39 is 17.5 Å². The molecule has 0 spiro atoms. The molecule has 6 heteroatoms. The lowest BCUT2D eigenvalue weighted by atomic mass is 10.1. The molecular formula is C18H15FN2O3. The number of anilines is 1. The van der Waals surface area contributed by atoms with Crippen LogP contribution in [0.1, 0.15) is 17.3 Å². The highest BCUT2D eigenvalue weighted by atomic mass is 19.1. The third-order valence-electron chi connectivity index (χ3n) is 3.53. The first-order valence-corrected chi connectivity index (χ1v) is 7.44. The molecule has 0 aliphatic carbocycles. The molecule has 0 fully saturated rings. The van der Waals surface area contributed by atoms with E-state index in [-0.39, 0.29) is 5.56 Å². The number of aromatic amines is 1. The Balaban J connectivity index is 1.87. The number of aromatic nitrogens is 1. The second-order valence-corrected chi connectivity index (χ2v) is 5.10. The van der Waals surface area contributed by atoms with E-state index in [1.807, 2.05) is 6.92 Å². The number of ether oxygens (including phenoxy) is 1. The van der Waals surface area contributed by atoms with Crippen molar-refractivity contribution < 1.29 is 18.7 Å². The third-order valence-corrected chi connectivity index (χ3v) is 3.53. The predicted octanol–water partition coefficient (Wildman–Crippen LogP) is 3.53. The summed E-state index contributed by atoms with van der Waals surface area (Å²) in [6.07, 6.45) is 1.40. The number of fused-ring (bicyclic) bond motifs is 1. The average molecular weight is 326 g/mol. The summed E-state index contributed by atoms with van der Waals surface area (Å²) in [5.74, 6) is -1.56. The molecule has 0 aliphatic rings. The standard InChI is InChI=1S/C18H15FN2O3/c1-2-24-16-6-4-3-5-15(16)21-18(23)17(22)13-10-20-14-8-7-11(19)9-12(13)14/h3-10,20H,2H2,1H3,(H,21,23). The van der Waals surface area contributed by atoms with Gasteiger partial charge in [-0.05, 0) is 37.3 Å².